The van der Waals surface area contributed by atoms with E-state index in [4.69, 9.17) is 5.11 Å². The maximum atomic E-state index is 12.9. The van der Waals surface area contributed by atoms with E-state index < -0.39 is 34.3 Å². The molecule has 10 heteroatoms. The molecule has 0 atom stereocenters. The monoisotopic (exact) mass is 359 g/mol. The zero-order chi connectivity index (χ0) is 17.7. The highest BCUT2D eigenvalue weighted by Crippen LogP contribution is 2.17. The molecule has 0 saturated carbocycles. The summed E-state index contributed by atoms with van der Waals surface area (Å²) in [5.74, 6) is -2.06. The van der Waals surface area contributed by atoms with Gasteiger partial charge >= 0.3 is 5.97 Å². The van der Waals surface area contributed by atoms with E-state index in [9.17, 15) is 22.4 Å². The number of carboxylic acid groups (broad SMARTS) is 1. The third-order valence-corrected chi connectivity index (χ3v) is 5.50. The smallest absolute Gasteiger partial charge is 0.322 e. The predicted octanol–water partition coefficient (Wildman–Crippen LogP) is -0.667. The molecule has 1 fully saturated rings. The van der Waals surface area contributed by atoms with Crippen LogP contribution >= 0.6 is 0 Å². The van der Waals surface area contributed by atoms with Gasteiger partial charge in [-0.2, -0.15) is 4.31 Å². The van der Waals surface area contributed by atoms with Crippen LogP contribution in [0.4, 0.5) is 4.39 Å². The van der Waals surface area contributed by atoms with Crippen molar-refractivity contribution in [1.29, 1.82) is 0 Å². The van der Waals surface area contributed by atoms with E-state index in [1.54, 1.807) is 4.90 Å². The minimum Gasteiger partial charge on any atom is -0.480 e. The van der Waals surface area contributed by atoms with Crippen LogP contribution in [0.3, 0.4) is 0 Å². The summed E-state index contributed by atoms with van der Waals surface area (Å²) in [6.45, 7) is 0.662. The Kier molecular flexibility index (Phi) is 5.86. The number of carboxylic acids is 1. The Balaban J connectivity index is 1.89. The molecule has 1 amide bonds. The second kappa shape index (κ2) is 7.69. The van der Waals surface area contributed by atoms with Gasteiger partial charge in [0.15, 0.2) is 0 Å². The van der Waals surface area contributed by atoms with Gasteiger partial charge in [-0.15, -0.1) is 0 Å². The number of amides is 1. The third kappa shape index (κ3) is 4.73. The first-order valence-electron chi connectivity index (χ1n) is 7.25. The molecule has 1 saturated heterocycles. The highest BCUT2D eigenvalue weighted by Gasteiger charge is 2.29. The second-order valence-corrected chi connectivity index (χ2v) is 7.24. The van der Waals surface area contributed by atoms with Crippen LogP contribution in [0.25, 0.3) is 0 Å². The number of nitrogens with one attached hydrogen (secondary N) is 1. The van der Waals surface area contributed by atoms with Gasteiger partial charge in [0.2, 0.25) is 15.9 Å². The zero-order valence-electron chi connectivity index (χ0n) is 12.8. The fourth-order valence-electron chi connectivity index (χ4n) is 2.32. The lowest BCUT2D eigenvalue weighted by Crippen LogP contribution is -2.51. The van der Waals surface area contributed by atoms with Gasteiger partial charge in [-0.25, -0.2) is 12.8 Å². The minimum absolute atomic E-state index is 0.0116. The highest BCUT2D eigenvalue weighted by molar-refractivity contribution is 7.89. The first kappa shape index (κ1) is 18.3. The summed E-state index contributed by atoms with van der Waals surface area (Å²) in [6.07, 6.45) is 0. The van der Waals surface area contributed by atoms with Crippen LogP contribution in [0.1, 0.15) is 0 Å². The maximum Gasteiger partial charge on any atom is 0.322 e. The first-order chi connectivity index (χ1) is 11.3. The summed E-state index contributed by atoms with van der Waals surface area (Å²) in [6, 6.07) is 4.62. The van der Waals surface area contributed by atoms with Crippen molar-refractivity contribution in [2.45, 2.75) is 4.90 Å². The summed E-state index contributed by atoms with van der Waals surface area (Å²) in [7, 11) is -3.69. The molecule has 0 radical (unpaired) electrons. The molecule has 0 spiro atoms. The van der Waals surface area contributed by atoms with Gasteiger partial charge < -0.3 is 10.4 Å². The topological polar surface area (TPSA) is 107 Å². The Morgan fingerprint density at radius 3 is 2.25 bits per heavy atom. The Hall–Kier alpha value is -2.04. The van der Waals surface area contributed by atoms with Crippen LogP contribution in [0, 0.1) is 5.82 Å². The Bertz CT molecular complexity index is 700. The molecule has 132 valence electrons. The summed E-state index contributed by atoms with van der Waals surface area (Å²) in [5, 5.41) is 10.7. The van der Waals surface area contributed by atoms with Gasteiger partial charge in [-0.05, 0) is 24.3 Å². The van der Waals surface area contributed by atoms with Gasteiger partial charge in [0.05, 0.1) is 11.4 Å². The summed E-state index contributed by atoms with van der Waals surface area (Å²) in [5.41, 5.74) is 0. The van der Waals surface area contributed by atoms with Gasteiger partial charge in [0.25, 0.3) is 0 Å². The Morgan fingerprint density at radius 1 is 1.12 bits per heavy atom. The van der Waals surface area contributed by atoms with E-state index in [0.717, 1.165) is 12.1 Å². The second-order valence-electron chi connectivity index (χ2n) is 5.30. The highest BCUT2D eigenvalue weighted by atomic mass is 32.2. The van der Waals surface area contributed by atoms with Crippen molar-refractivity contribution in [3.05, 3.63) is 30.1 Å². The van der Waals surface area contributed by atoms with E-state index >= 15 is 0 Å². The molecule has 0 unspecified atom stereocenters. The number of sulfonamides is 1. The molecular weight excluding hydrogens is 341 g/mol. The number of hydrogen-bond acceptors (Lipinski definition) is 5. The van der Waals surface area contributed by atoms with Gasteiger partial charge in [-0.3, -0.25) is 14.5 Å². The number of aliphatic carboxylic acids is 1. The molecule has 8 nitrogen and oxygen atoms in total. The quantitative estimate of drug-likeness (QED) is 0.698. The Morgan fingerprint density at radius 2 is 1.71 bits per heavy atom. The van der Waals surface area contributed by atoms with Crippen molar-refractivity contribution in [1.82, 2.24) is 14.5 Å². The van der Waals surface area contributed by atoms with Crippen molar-refractivity contribution in [3.8, 4) is 0 Å². The number of nitrogens with zero attached hydrogens (tertiary/aromatic N) is 2. The number of carbonyl (C=O) groups is 2. The van der Waals surface area contributed by atoms with Crippen molar-refractivity contribution in [2.75, 3.05) is 39.3 Å². The van der Waals surface area contributed by atoms with E-state index in [2.05, 4.69) is 5.32 Å². The fourth-order valence-corrected chi connectivity index (χ4v) is 3.74. The fraction of sp³-hybridized carbons (Fsp3) is 0.429. The summed E-state index contributed by atoms with van der Waals surface area (Å²) < 4.78 is 39.1. The lowest BCUT2D eigenvalue weighted by Gasteiger charge is -2.33. The predicted molar refractivity (Wildman–Crippen MR) is 82.2 cm³/mol. The van der Waals surface area contributed by atoms with Crippen molar-refractivity contribution >= 4 is 21.9 Å². The maximum absolute atomic E-state index is 12.9. The summed E-state index contributed by atoms with van der Waals surface area (Å²) >= 11 is 0. The molecule has 1 heterocycles. The molecule has 2 rings (SSSR count). The average molecular weight is 359 g/mol. The van der Waals surface area contributed by atoms with Crippen LogP contribution in [-0.2, 0) is 19.6 Å². The van der Waals surface area contributed by atoms with Crippen LogP contribution < -0.4 is 5.32 Å². The van der Waals surface area contributed by atoms with Crippen LogP contribution in [0.5, 0.6) is 0 Å². The molecule has 0 bridgehead atoms. The lowest BCUT2D eigenvalue weighted by atomic mass is 10.3. The molecule has 1 aromatic carbocycles. The van der Waals surface area contributed by atoms with Crippen molar-refractivity contribution in [3.63, 3.8) is 0 Å². The molecule has 1 aliphatic rings. The number of rotatable bonds is 6. The normalized spacial score (nSPS) is 16.7. The van der Waals surface area contributed by atoms with E-state index in [0.29, 0.717) is 13.1 Å². The molecule has 0 aliphatic carbocycles. The number of carbonyl (C=O) groups excluding carboxylic acids is 1. The summed E-state index contributed by atoms with van der Waals surface area (Å²) in [4.78, 5) is 23.7. The standard InChI is InChI=1S/C14H18FN3O5S/c15-11-1-3-12(4-2-11)24(22,23)18-7-5-17(6-8-18)10-13(19)16-9-14(20)21/h1-4H,5-10H2,(H,16,19)(H,20,21). The average Bonchev–Trinajstić information content (AvgIpc) is 2.54. The van der Waals surface area contributed by atoms with Gasteiger partial charge in [-0.1, -0.05) is 0 Å². The molecule has 2 N–H and O–H groups in total. The van der Waals surface area contributed by atoms with Gasteiger partial charge in [0.1, 0.15) is 12.4 Å². The Labute approximate surface area is 138 Å². The number of piperazine rings is 1. The minimum atomic E-state index is -3.69. The zero-order valence-corrected chi connectivity index (χ0v) is 13.6. The van der Waals surface area contributed by atoms with Crippen molar-refractivity contribution < 1.29 is 27.5 Å². The van der Waals surface area contributed by atoms with E-state index in [1.165, 1.54) is 16.4 Å². The van der Waals surface area contributed by atoms with Crippen LogP contribution in [0.2, 0.25) is 0 Å². The van der Waals surface area contributed by atoms with Gasteiger partial charge in [0, 0.05) is 26.2 Å². The molecule has 1 aliphatic heterocycles. The number of halogens is 1. The van der Waals surface area contributed by atoms with E-state index in [1.807, 2.05) is 0 Å². The first-order valence-corrected chi connectivity index (χ1v) is 8.69. The third-order valence-electron chi connectivity index (χ3n) is 3.59. The van der Waals surface area contributed by atoms with E-state index in [-0.39, 0.29) is 24.5 Å². The SMILES string of the molecule is O=C(O)CNC(=O)CN1CCN(S(=O)(=O)c2ccc(F)cc2)CC1. The van der Waals surface area contributed by atoms with Crippen LogP contribution in [-0.4, -0.2) is 73.9 Å². The number of hydrogen-bond donors (Lipinski definition) is 2. The van der Waals surface area contributed by atoms with Crippen LogP contribution in [0.15, 0.2) is 29.2 Å². The molecule has 1 aromatic rings. The molecule has 0 aromatic heterocycles. The number of benzene rings is 1. The largest absolute Gasteiger partial charge is 0.480 e. The van der Waals surface area contributed by atoms with Crippen molar-refractivity contribution in [2.24, 2.45) is 0 Å². The molecule has 24 heavy (non-hydrogen) atoms. The lowest BCUT2D eigenvalue weighted by molar-refractivity contribution is -0.138. The molecular formula is C14H18FN3O5S.